The number of rotatable bonds is 6. The molecule has 0 aliphatic heterocycles. The van der Waals surface area contributed by atoms with Crippen molar-refractivity contribution in [3.63, 3.8) is 0 Å². The second kappa shape index (κ2) is 6.71. The number of hydrogen-bond acceptors (Lipinski definition) is 2. The van der Waals surface area contributed by atoms with Crippen LogP contribution in [0.15, 0.2) is 6.08 Å². The van der Waals surface area contributed by atoms with Crippen molar-refractivity contribution >= 4 is 38.1 Å². The molecule has 0 radical (unpaired) electrons. The average Bonchev–Trinajstić information content (AvgIpc) is 2.89. The van der Waals surface area contributed by atoms with E-state index in [0.29, 0.717) is 0 Å². The number of unbranched alkanes of at least 4 members (excludes halogenated alkanes) is 1. The normalized spacial score (nSPS) is 12.0. The van der Waals surface area contributed by atoms with Gasteiger partial charge in [-0.15, -0.1) is 22.7 Å². The zero-order chi connectivity index (χ0) is 13.8. The summed E-state index contributed by atoms with van der Waals surface area (Å²) in [4.78, 5) is 3.09. The fourth-order valence-electron chi connectivity index (χ4n) is 2.47. The van der Waals surface area contributed by atoms with Crippen LogP contribution in [-0.4, -0.2) is 0 Å². The van der Waals surface area contributed by atoms with E-state index in [2.05, 4.69) is 39.8 Å². The predicted molar refractivity (Wildman–Crippen MR) is 91.8 cm³/mol. The molecule has 0 aromatic carbocycles. The summed E-state index contributed by atoms with van der Waals surface area (Å²) in [5.41, 5.74) is 3.12. The Morgan fingerprint density at radius 3 is 2.47 bits per heavy atom. The first-order valence-corrected chi connectivity index (χ1v) is 9.06. The topological polar surface area (TPSA) is 0 Å². The van der Waals surface area contributed by atoms with Gasteiger partial charge in [-0.1, -0.05) is 39.3 Å². The summed E-state index contributed by atoms with van der Waals surface area (Å²) >= 11 is 4.03. The summed E-state index contributed by atoms with van der Waals surface area (Å²) in [6.07, 6.45) is 10.8. The van der Waals surface area contributed by atoms with E-state index in [1.807, 2.05) is 22.7 Å². The monoisotopic (exact) mass is 292 g/mol. The van der Waals surface area contributed by atoms with Crippen molar-refractivity contribution < 1.29 is 0 Å². The van der Waals surface area contributed by atoms with Crippen LogP contribution in [-0.2, 0) is 12.8 Å². The van der Waals surface area contributed by atoms with Gasteiger partial charge in [-0.05, 0) is 38.2 Å². The molecule has 0 nitrogen and oxygen atoms in total. The van der Waals surface area contributed by atoms with E-state index in [1.54, 1.807) is 15.1 Å². The molecular weight excluding hydrogens is 268 g/mol. The Bertz CT molecular complexity index is 570. The minimum atomic E-state index is 1.12. The quantitative estimate of drug-likeness (QED) is 0.562. The third-order valence-electron chi connectivity index (χ3n) is 3.54. The molecule has 0 aliphatic rings. The molecule has 2 heteroatoms. The summed E-state index contributed by atoms with van der Waals surface area (Å²) in [6, 6.07) is 0. The summed E-state index contributed by atoms with van der Waals surface area (Å²) in [5.74, 6) is 0. The van der Waals surface area contributed by atoms with Gasteiger partial charge in [-0.25, -0.2) is 0 Å². The molecule has 0 aliphatic carbocycles. The van der Waals surface area contributed by atoms with E-state index in [4.69, 9.17) is 0 Å². The highest BCUT2D eigenvalue weighted by molar-refractivity contribution is 7.28. The number of aryl methyl sites for hydroxylation is 3. The lowest BCUT2D eigenvalue weighted by molar-refractivity contribution is 0.795. The van der Waals surface area contributed by atoms with Gasteiger partial charge in [0.05, 0.1) is 4.70 Å². The van der Waals surface area contributed by atoms with Crippen molar-refractivity contribution in [1.29, 1.82) is 0 Å². The van der Waals surface area contributed by atoms with E-state index >= 15 is 0 Å². The second-order valence-electron chi connectivity index (χ2n) is 5.00. The number of fused-ring (bicyclic) bond motifs is 1. The number of hydrogen-bond donors (Lipinski definition) is 0. The Labute approximate surface area is 125 Å². The van der Waals surface area contributed by atoms with Crippen LogP contribution in [0.5, 0.6) is 0 Å². The molecule has 0 saturated heterocycles. The first-order chi connectivity index (χ1) is 9.22. The Balaban J connectivity index is 2.52. The molecule has 2 aromatic heterocycles. The lowest BCUT2D eigenvalue weighted by Gasteiger charge is -2.00. The Morgan fingerprint density at radius 2 is 1.84 bits per heavy atom. The van der Waals surface area contributed by atoms with E-state index in [0.717, 1.165) is 6.42 Å². The van der Waals surface area contributed by atoms with Gasteiger partial charge in [0.1, 0.15) is 0 Å². The first kappa shape index (κ1) is 14.8. The molecule has 0 unspecified atom stereocenters. The van der Waals surface area contributed by atoms with Gasteiger partial charge in [0.25, 0.3) is 0 Å². The zero-order valence-electron chi connectivity index (χ0n) is 12.5. The maximum Gasteiger partial charge on any atom is 0.0531 e. The third kappa shape index (κ3) is 2.95. The van der Waals surface area contributed by atoms with Gasteiger partial charge in [0.2, 0.25) is 0 Å². The lowest BCUT2D eigenvalue weighted by atomic mass is 10.1. The van der Waals surface area contributed by atoms with Crippen molar-refractivity contribution in [1.82, 2.24) is 0 Å². The van der Waals surface area contributed by atoms with Crippen LogP contribution in [0.2, 0.25) is 0 Å². The van der Waals surface area contributed by atoms with Crippen LogP contribution in [0.4, 0.5) is 0 Å². The van der Waals surface area contributed by atoms with E-state index < -0.39 is 0 Å². The SMILES string of the molecule is CCC=Cc1c(C)sc2c(CCCC)c(CC)sc12. The van der Waals surface area contributed by atoms with E-state index in [-0.39, 0.29) is 0 Å². The van der Waals surface area contributed by atoms with Crippen LogP contribution in [0, 0.1) is 6.92 Å². The van der Waals surface area contributed by atoms with Crippen LogP contribution < -0.4 is 0 Å². The van der Waals surface area contributed by atoms with Crippen molar-refractivity contribution in [3.8, 4) is 0 Å². The predicted octanol–water partition coefficient (Wildman–Crippen LogP) is 6.60. The molecule has 2 aromatic rings. The molecule has 0 spiro atoms. The maximum atomic E-state index is 2.33. The van der Waals surface area contributed by atoms with Crippen molar-refractivity contribution in [2.45, 2.75) is 59.8 Å². The Morgan fingerprint density at radius 1 is 1.05 bits per heavy atom. The van der Waals surface area contributed by atoms with Gasteiger partial charge in [0, 0.05) is 20.0 Å². The Kier molecular flexibility index (Phi) is 5.23. The summed E-state index contributed by atoms with van der Waals surface area (Å²) in [7, 11) is 0. The number of allylic oxidation sites excluding steroid dienone is 1. The smallest absolute Gasteiger partial charge is 0.0531 e. The van der Waals surface area contributed by atoms with Gasteiger partial charge < -0.3 is 0 Å². The fraction of sp³-hybridized carbons (Fsp3) is 0.529. The second-order valence-corrected chi connectivity index (χ2v) is 7.33. The highest BCUT2D eigenvalue weighted by atomic mass is 32.1. The van der Waals surface area contributed by atoms with Crippen LogP contribution in [0.3, 0.4) is 0 Å². The van der Waals surface area contributed by atoms with Gasteiger partial charge in [0.15, 0.2) is 0 Å². The first-order valence-electron chi connectivity index (χ1n) is 7.43. The van der Waals surface area contributed by atoms with Crippen molar-refractivity contribution in [2.24, 2.45) is 0 Å². The molecule has 0 atom stereocenters. The van der Waals surface area contributed by atoms with Crippen LogP contribution >= 0.6 is 22.7 Å². The molecule has 0 bridgehead atoms. The minimum Gasteiger partial charge on any atom is -0.139 e. The van der Waals surface area contributed by atoms with Gasteiger partial charge in [-0.2, -0.15) is 0 Å². The average molecular weight is 293 g/mol. The standard InChI is InChI=1S/C17H24S2/c1-5-8-10-13-12(4)18-17-14(11-9-6-2)15(7-3)19-16(13)17/h8,10H,5-7,9,11H2,1-4H3. The largest absolute Gasteiger partial charge is 0.139 e. The fourth-order valence-corrected chi connectivity index (χ4v) is 5.25. The summed E-state index contributed by atoms with van der Waals surface area (Å²) in [5, 5.41) is 0. The molecule has 0 fully saturated rings. The van der Waals surface area contributed by atoms with Crippen LogP contribution in [0.25, 0.3) is 15.5 Å². The van der Waals surface area contributed by atoms with Crippen molar-refractivity contribution in [3.05, 3.63) is 27.0 Å². The minimum absolute atomic E-state index is 1.12. The molecule has 0 N–H and O–H groups in total. The van der Waals surface area contributed by atoms with Gasteiger partial charge in [-0.3, -0.25) is 0 Å². The molecule has 2 heterocycles. The zero-order valence-corrected chi connectivity index (χ0v) is 14.1. The van der Waals surface area contributed by atoms with Gasteiger partial charge >= 0.3 is 0 Å². The Hall–Kier alpha value is -0.600. The van der Waals surface area contributed by atoms with Crippen LogP contribution in [0.1, 0.15) is 60.9 Å². The molecule has 0 saturated carbocycles. The van der Waals surface area contributed by atoms with Crippen molar-refractivity contribution in [2.75, 3.05) is 0 Å². The third-order valence-corrected chi connectivity index (χ3v) is 6.26. The van der Waals surface area contributed by atoms with E-state index in [9.17, 15) is 0 Å². The van der Waals surface area contributed by atoms with E-state index in [1.165, 1.54) is 40.8 Å². The maximum absolute atomic E-state index is 2.33. The molecule has 104 valence electrons. The molecular formula is C17H24S2. The number of thiophene rings is 2. The summed E-state index contributed by atoms with van der Waals surface area (Å²) < 4.78 is 3.11. The molecule has 0 amide bonds. The molecule has 19 heavy (non-hydrogen) atoms. The summed E-state index contributed by atoms with van der Waals surface area (Å²) in [6.45, 7) is 9.04. The lowest BCUT2D eigenvalue weighted by Crippen LogP contribution is -1.86. The highest BCUT2D eigenvalue weighted by Gasteiger charge is 2.16. The highest BCUT2D eigenvalue weighted by Crippen LogP contribution is 2.42. The molecule has 2 rings (SSSR count).